The minimum Gasteiger partial charge on any atom is -0.319 e. The van der Waals surface area contributed by atoms with Gasteiger partial charge in [-0.3, -0.25) is 4.90 Å². The normalized spacial score (nSPS) is 32.6. The van der Waals surface area contributed by atoms with Crippen molar-refractivity contribution in [3.8, 4) is 0 Å². The molecule has 1 aliphatic heterocycles. The van der Waals surface area contributed by atoms with Gasteiger partial charge in [-0.25, -0.2) is 0 Å². The number of likely N-dealkylation sites (tertiary alicyclic amines) is 1. The molecule has 1 saturated heterocycles. The fourth-order valence-corrected chi connectivity index (χ4v) is 2.71. The lowest BCUT2D eigenvalue weighted by Crippen LogP contribution is -2.49. The van der Waals surface area contributed by atoms with Crippen molar-refractivity contribution in [3.05, 3.63) is 0 Å². The van der Waals surface area contributed by atoms with Crippen LogP contribution in [0.4, 0.5) is 0 Å². The van der Waals surface area contributed by atoms with Crippen LogP contribution in [0.2, 0.25) is 0 Å². The number of hydrogen-bond donors (Lipinski definition) is 1. The van der Waals surface area contributed by atoms with Crippen molar-refractivity contribution in [1.29, 1.82) is 0 Å². The van der Waals surface area contributed by atoms with Crippen molar-refractivity contribution < 1.29 is 0 Å². The highest BCUT2D eigenvalue weighted by Crippen LogP contribution is 2.25. The van der Waals surface area contributed by atoms with E-state index in [1.807, 2.05) is 7.05 Å². The predicted molar refractivity (Wildman–Crippen MR) is 67.1 cm³/mol. The molecular weight excluding hydrogens is 184 g/mol. The molecule has 2 nitrogen and oxygen atoms in total. The van der Waals surface area contributed by atoms with E-state index in [0.717, 1.165) is 24.4 Å². The zero-order valence-corrected chi connectivity index (χ0v) is 11.1. The van der Waals surface area contributed by atoms with Crippen LogP contribution in [-0.4, -0.2) is 37.1 Å². The van der Waals surface area contributed by atoms with E-state index in [1.54, 1.807) is 0 Å². The Morgan fingerprint density at radius 1 is 1.27 bits per heavy atom. The first-order valence-electron chi connectivity index (χ1n) is 6.46. The highest BCUT2D eigenvalue weighted by Gasteiger charge is 2.28. The topological polar surface area (TPSA) is 15.3 Å². The molecule has 15 heavy (non-hydrogen) atoms. The fraction of sp³-hybridized carbons (Fsp3) is 1.00. The average Bonchev–Trinajstić information content (AvgIpc) is 2.21. The fourth-order valence-electron chi connectivity index (χ4n) is 2.71. The van der Waals surface area contributed by atoms with Gasteiger partial charge in [0.2, 0.25) is 0 Å². The van der Waals surface area contributed by atoms with Gasteiger partial charge in [-0.1, -0.05) is 13.8 Å². The second kappa shape index (κ2) is 5.86. The quantitative estimate of drug-likeness (QED) is 0.769. The summed E-state index contributed by atoms with van der Waals surface area (Å²) in [7, 11) is 2.05. The molecule has 0 aromatic carbocycles. The molecule has 2 heteroatoms. The molecular formula is C13H28N2. The summed E-state index contributed by atoms with van der Waals surface area (Å²) in [5.41, 5.74) is 0. The standard InChI is InChI=1S/C13H28N2/c1-10-6-7-12(3)15(9-10)13(4)11(2)8-14-5/h10-14H,6-9H2,1-5H3. The first-order valence-corrected chi connectivity index (χ1v) is 6.46. The second-order valence-electron chi connectivity index (χ2n) is 5.50. The Morgan fingerprint density at radius 2 is 1.93 bits per heavy atom. The van der Waals surface area contributed by atoms with Crippen molar-refractivity contribution in [1.82, 2.24) is 10.2 Å². The van der Waals surface area contributed by atoms with Crippen LogP contribution in [0.25, 0.3) is 0 Å². The van der Waals surface area contributed by atoms with Crippen LogP contribution < -0.4 is 5.32 Å². The Balaban J connectivity index is 2.51. The van der Waals surface area contributed by atoms with Crippen LogP contribution in [0.5, 0.6) is 0 Å². The number of hydrogen-bond acceptors (Lipinski definition) is 2. The molecule has 0 spiro atoms. The molecule has 4 atom stereocenters. The van der Waals surface area contributed by atoms with Crippen molar-refractivity contribution in [2.45, 2.75) is 52.6 Å². The zero-order chi connectivity index (χ0) is 11.4. The van der Waals surface area contributed by atoms with Gasteiger partial charge in [-0.15, -0.1) is 0 Å². The third kappa shape index (κ3) is 3.46. The first-order chi connectivity index (χ1) is 7.06. The monoisotopic (exact) mass is 212 g/mol. The van der Waals surface area contributed by atoms with Crippen LogP contribution in [0, 0.1) is 11.8 Å². The van der Waals surface area contributed by atoms with Gasteiger partial charge in [0.25, 0.3) is 0 Å². The summed E-state index contributed by atoms with van der Waals surface area (Å²) < 4.78 is 0. The summed E-state index contributed by atoms with van der Waals surface area (Å²) in [6.07, 6.45) is 2.78. The zero-order valence-electron chi connectivity index (χ0n) is 11.1. The van der Waals surface area contributed by atoms with E-state index in [-0.39, 0.29) is 0 Å². The molecule has 90 valence electrons. The Hall–Kier alpha value is -0.0800. The maximum absolute atomic E-state index is 3.29. The Morgan fingerprint density at radius 3 is 2.53 bits per heavy atom. The number of piperidine rings is 1. The molecule has 1 aliphatic rings. The molecule has 1 N–H and O–H groups in total. The van der Waals surface area contributed by atoms with E-state index in [2.05, 4.69) is 37.9 Å². The summed E-state index contributed by atoms with van der Waals surface area (Å²) in [6, 6.07) is 1.48. The number of nitrogens with one attached hydrogen (secondary N) is 1. The van der Waals surface area contributed by atoms with Gasteiger partial charge in [0.15, 0.2) is 0 Å². The van der Waals surface area contributed by atoms with Gasteiger partial charge < -0.3 is 5.32 Å². The smallest absolute Gasteiger partial charge is 0.0108 e. The van der Waals surface area contributed by atoms with E-state index in [0.29, 0.717) is 6.04 Å². The van der Waals surface area contributed by atoms with Gasteiger partial charge in [-0.2, -0.15) is 0 Å². The van der Waals surface area contributed by atoms with Gasteiger partial charge in [0.1, 0.15) is 0 Å². The van der Waals surface area contributed by atoms with Crippen LogP contribution in [0.3, 0.4) is 0 Å². The minimum absolute atomic E-state index is 0.704. The molecule has 1 fully saturated rings. The van der Waals surface area contributed by atoms with E-state index < -0.39 is 0 Å². The summed E-state index contributed by atoms with van der Waals surface area (Å²) in [4.78, 5) is 2.70. The van der Waals surface area contributed by atoms with Crippen LogP contribution in [-0.2, 0) is 0 Å². The SMILES string of the molecule is CNCC(C)C(C)N1CC(C)CCC1C. The highest BCUT2D eigenvalue weighted by atomic mass is 15.2. The molecule has 0 radical (unpaired) electrons. The molecule has 0 aromatic rings. The molecule has 0 saturated carbocycles. The molecule has 0 aromatic heterocycles. The number of rotatable bonds is 4. The molecule has 0 aliphatic carbocycles. The van der Waals surface area contributed by atoms with Gasteiger partial charge >= 0.3 is 0 Å². The van der Waals surface area contributed by atoms with Crippen molar-refractivity contribution in [2.75, 3.05) is 20.1 Å². The summed E-state index contributed by atoms with van der Waals surface area (Å²) in [5.74, 6) is 1.62. The van der Waals surface area contributed by atoms with Gasteiger partial charge in [0, 0.05) is 18.6 Å². The molecule has 0 amide bonds. The lowest BCUT2D eigenvalue weighted by Gasteiger charge is -2.43. The van der Waals surface area contributed by atoms with Gasteiger partial charge in [0.05, 0.1) is 0 Å². The molecule has 0 bridgehead atoms. The van der Waals surface area contributed by atoms with Crippen LogP contribution in [0.1, 0.15) is 40.5 Å². The maximum atomic E-state index is 3.29. The van der Waals surface area contributed by atoms with Gasteiger partial charge in [-0.05, 0) is 52.1 Å². The van der Waals surface area contributed by atoms with E-state index >= 15 is 0 Å². The maximum Gasteiger partial charge on any atom is 0.0108 e. The Kier molecular flexibility index (Phi) is 5.07. The summed E-state index contributed by atoms with van der Waals surface area (Å²) in [6.45, 7) is 11.9. The second-order valence-corrected chi connectivity index (χ2v) is 5.50. The third-order valence-electron chi connectivity index (χ3n) is 4.04. The lowest BCUT2D eigenvalue weighted by molar-refractivity contribution is 0.0599. The van der Waals surface area contributed by atoms with Crippen molar-refractivity contribution in [2.24, 2.45) is 11.8 Å². The van der Waals surface area contributed by atoms with Crippen LogP contribution in [0.15, 0.2) is 0 Å². The Bertz CT molecular complexity index is 181. The van der Waals surface area contributed by atoms with E-state index in [9.17, 15) is 0 Å². The van der Waals surface area contributed by atoms with Crippen molar-refractivity contribution in [3.63, 3.8) is 0 Å². The predicted octanol–water partition coefficient (Wildman–Crippen LogP) is 2.35. The molecule has 1 heterocycles. The van der Waals surface area contributed by atoms with E-state index in [4.69, 9.17) is 0 Å². The summed E-state index contributed by atoms with van der Waals surface area (Å²) >= 11 is 0. The minimum atomic E-state index is 0.704. The molecule has 4 unspecified atom stereocenters. The lowest BCUT2D eigenvalue weighted by atomic mass is 9.90. The highest BCUT2D eigenvalue weighted by molar-refractivity contribution is 4.83. The molecule has 1 rings (SSSR count). The van der Waals surface area contributed by atoms with Crippen LogP contribution >= 0.6 is 0 Å². The Labute approximate surface area is 95.4 Å². The summed E-state index contributed by atoms with van der Waals surface area (Å²) in [5, 5.41) is 3.29. The van der Waals surface area contributed by atoms with Crippen molar-refractivity contribution >= 4 is 0 Å². The largest absolute Gasteiger partial charge is 0.319 e. The first kappa shape index (κ1) is 13.0. The average molecular weight is 212 g/mol. The number of nitrogens with zero attached hydrogens (tertiary/aromatic N) is 1. The van der Waals surface area contributed by atoms with E-state index in [1.165, 1.54) is 19.4 Å². The third-order valence-corrected chi connectivity index (χ3v) is 4.04.